The second kappa shape index (κ2) is 6.94. The van der Waals surface area contributed by atoms with Crippen molar-refractivity contribution in [2.45, 2.75) is 31.9 Å². The molecule has 0 fully saturated rings. The van der Waals surface area contributed by atoms with E-state index in [4.69, 9.17) is 0 Å². The molecule has 1 heterocycles. The van der Waals surface area contributed by atoms with Crippen LogP contribution in [0.2, 0.25) is 0 Å². The van der Waals surface area contributed by atoms with Gasteiger partial charge in [0.15, 0.2) is 0 Å². The molecule has 22 heavy (non-hydrogen) atoms. The first-order chi connectivity index (χ1) is 10.3. The molecule has 0 saturated heterocycles. The molecule has 0 saturated carbocycles. The third kappa shape index (κ3) is 3.77. The lowest BCUT2D eigenvalue weighted by atomic mass is 9.98. The van der Waals surface area contributed by atoms with Crippen LogP contribution in [-0.4, -0.2) is 31.6 Å². The Bertz CT molecular complexity index is 689. The van der Waals surface area contributed by atoms with Crippen molar-refractivity contribution in [3.8, 4) is 11.1 Å². The van der Waals surface area contributed by atoms with Crippen molar-refractivity contribution in [3.05, 3.63) is 46.7 Å². The van der Waals surface area contributed by atoms with Gasteiger partial charge in [-0.2, -0.15) is 11.3 Å². The zero-order chi connectivity index (χ0) is 16.3. The summed E-state index contributed by atoms with van der Waals surface area (Å²) in [7, 11) is -1.53. The maximum absolute atomic E-state index is 12.1. The molecule has 1 aromatic heterocycles. The molecule has 0 N–H and O–H groups in total. The SMILES string of the molecule is CC(CN(C)S(=O)(=O)C(C)C)c1ccc(-c2ccsc2)cc1. The normalized spacial score (nSPS) is 13.7. The second-order valence-electron chi connectivity index (χ2n) is 5.91. The maximum atomic E-state index is 12.1. The Kier molecular flexibility index (Phi) is 5.42. The van der Waals surface area contributed by atoms with Gasteiger partial charge in [0.05, 0.1) is 5.25 Å². The molecule has 1 unspecified atom stereocenters. The van der Waals surface area contributed by atoms with Crippen LogP contribution in [0, 0.1) is 0 Å². The average Bonchev–Trinajstić information content (AvgIpc) is 3.01. The van der Waals surface area contributed by atoms with Crippen LogP contribution < -0.4 is 0 Å². The van der Waals surface area contributed by atoms with E-state index in [9.17, 15) is 8.42 Å². The van der Waals surface area contributed by atoms with Crippen LogP contribution in [0.15, 0.2) is 41.1 Å². The monoisotopic (exact) mass is 337 g/mol. The van der Waals surface area contributed by atoms with Crippen LogP contribution >= 0.6 is 11.3 Å². The largest absolute Gasteiger partial charge is 0.216 e. The highest BCUT2D eigenvalue weighted by molar-refractivity contribution is 7.89. The number of rotatable bonds is 6. The van der Waals surface area contributed by atoms with Gasteiger partial charge in [0, 0.05) is 13.6 Å². The van der Waals surface area contributed by atoms with Crippen molar-refractivity contribution in [2.75, 3.05) is 13.6 Å². The van der Waals surface area contributed by atoms with Gasteiger partial charge in [-0.15, -0.1) is 0 Å². The van der Waals surface area contributed by atoms with Gasteiger partial charge in [0.1, 0.15) is 0 Å². The highest BCUT2D eigenvalue weighted by Crippen LogP contribution is 2.25. The molecule has 1 atom stereocenters. The minimum absolute atomic E-state index is 0.162. The fraction of sp³-hybridized carbons (Fsp3) is 0.412. The summed E-state index contributed by atoms with van der Waals surface area (Å²) < 4.78 is 25.7. The summed E-state index contributed by atoms with van der Waals surface area (Å²) in [6.07, 6.45) is 0. The topological polar surface area (TPSA) is 37.4 Å². The fourth-order valence-corrected chi connectivity index (χ4v) is 4.20. The van der Waals surface area contributed by atoms with Crippen LogP contribution in [0.1, 0.15) is 32.3 Å². The second-order valence-corrected chi connectivity index (χ2v) is 9.29. The molecule has 0 bridgehead atoms. The van der Waals surface area contributed by atoms with Crippen molar-refractivity contribution < 1.29 is 8.42 Å². The Hall–Kier alpha value is -1.17. The van der Waals surface area contributed by atoms with Crippen molar-refractivity contribution in [1.29, 1.82) is 0 Å². The molecule has 0 spiro atoms. The first kappa shape index (κ1) is 17.2. The van der Waals surface area contributed by atoms with E-state index in [0.717, 1.165) is 5.56 Å². The molecule has 2 rings (SSSR count). The smallest absolute Gasteiger partial charge is 0.212 e. The molecule has 0 aliphatic carbocycles. The first-order valence-electron chi connectivity index (χ1n) is 7.40. The summed E-state index contributed by atoms with van der Waals surface area (Å²) in [5, 5.41) is 3.81. The van der Waals surface area contributed by atoms with E-state index < -0.39 is 10.0 Å². The number of likely N-dealkylation sites (N-methyl/N-ethyl adjacent to an activating group) is 1. The lowest BCUT2D eigenvalue weighted by molar-refractivity contribution is 0.441. The number of sulfonamides is 1. The van der Waals surface area contributed by atoms with Gasteiger partial charge in [-0.1, -0.05) is 31.2 Å². The summed E-state index contributed by atoms with van der Waals surface area (Å²) in [6, 6.07) is 10.5. The van der Waals surface area contributed by atoms with Crippen LogP contribution in [0.3, 0.4) is 0 Å². The zero-order valence-electron chi connectivity index (χ0n) is 13.5. The average molecular weight is 338 g/mol. The molecule has 5 heteroatoms. The maximum Gasteiger partial charge on any atom is 0.216 e. The molecule has 3 nitrogen and oxygen atoms in total. The quantitative estimate of drug-likeness (QED) is 0.792. The Morgan fingerprint density at radius 3 is 2.18 bits per heavy atom. The fourth-order valence-electron chi connectivity index (χ4n) is 2.39. The zero-order valence-corrected chi connectivity index (χ0v) is 15.1. The molecule has 0 radical (unpaired) electrons. The van der Waals surface area contributed by atoms with E-state index in [2.05, 4.69) is 48.0 Å². The van der Waals surface area contributed by atoms with E-state index in [1.165, 1.54) is 15.4 Å². The van der Waals surface area contributed by atoms with Gasteiger partial charge in [-0.05, 0) is 53.3 Å². The van der Waals surface area contributed by atoms with Gasteiger partial charge >= 0.3 is 0 Å². The summed E-state index contributed by atoms with van der Waals surface area (Å²) in [5.41, 5.74) is 3.58. The van der Waals surface area contributed by atoms with Crippen LogP contribution in [0.25, 0.3) is 11.1 Å². The Balaban J connectivity index is 2.09. The third-order valence-corrected chi connectivity index (χ3v) is 6.79. The predicted octanol–water partition coefficient (Wildman–Crippen LogP) is 4.19. The molecule has 120 valence electrons. The highest BCUT2D eigenvalue weighted by Gasteiger charge is 2.23. The van der Waals surface area contributed by atoms with Gasteiger partial charge in [-0.3, -0.25) is 0 Å². The summed E-state index contributed by atoms with van der Waals surface area (Å²) in [6.45, 7) is 5.99. The van der Waals surface area contributed by atoms with E-state index in [1.807, 2.05) is 0 Å². The Labute approximate surface area is 137 Å². The van der Waals surface area contributed by atoms with Crippen molar-refractivity contribution in [3.63, 3.8) is 0 Å². The molecular weight excluding hydrogens is 314 g/mol. The molecule has 0 amide bonds. The number of thiophene rings is 1. The summed E-state index contributed by atoms with van der Waals surface area (Å²) in [4.78, 5) is 0. The number of hydrogen-bond acceptors (Lipinski definition) is 3. The van der Waals surface area contributed by atoms with Crippen LogP contribution in [-0.2, 0) is 10.0 Å². The van der Waals surface area contributed by atoms with Crippen molar-refractivity contribution in [2.24, 2.45) is 0 Å². The van der Waals surface area contributed by atoms with Crippen molar-refractivity contribution >= 4 is 21.4 Å². The number of hydrogen-bond donors (Lipinski definition) is 0. The van der Waals surface area contributed by atoms with Gasteiger partial charge in [0.2, 0.25) is 10.0 Å². The molecular formula is C17H23NO2S2. The first-order valence-corrected chi connectivity index (χ1v) is 9.84. The van der Waals surface area contributed by atoms with E-state index in [1.54, 1.807) is 32.2 Å². The Morgan fingerprint density at radius 2 is 1.68 bits per heavy atom. The van der Waals surface area contributed by atoms with Crippen LogP contribution in [0.4, 0.5) is 0 Å². The minimum Gasteiger partial charge on any atom is -0.212 e. The Morgan fingerprint density at radius 1 is 1.05 bits per heavy atom. The van der Waals surface area contributed by atoms with E-state index >= 15 is 0 Å². The van der Waals surface area contributed by atoms with E-state index in [-0.39, 0.29) is 11.2 Å². The van der Waals surface area contributed by atoms with E-state index in [0.29, 0.717) is 6.54 Å². The molecule has 0 aliphatic heterocycles. The predicted molar refractivity (Wildman–Crippen MR) is 94.9 cm³/mol. The molecule has 1 aromatic carbocycles. The van der Waals surface area contributed by atoms with Crippen LogP contribution in [0.5, 0.6) is 0 Å². The number of benzene rings is 1. The summed E-state index contributed by atoms with van der Waals surface area (Å²) >= 11 is 1.69. The highest BCUT2D eigenvalue weighted by atomic mass is 32.2. The summed E-state index contributed by atoms with van der Waals surface area (Å²) in [5.74, 6) is 0.162. The van der Waals surface area contributed by atoms with Gasteiger partial charge in [-0.25, -0.2) is 12.7 Å². The minimum atomic E-state index is -3.19. The van der Waals surface area contributed by atoms with Gasteiger partial charge in [0.25, 0.3) is 0 Å². The lowest BCUT2D eigenvalue weighted by Crippen LogP contribution is -2.35. The third-order valence-electron chi connectivity index (χ3n) is 3.90. The number of nitrogens with zero attached hydrogens (tertiary/aromatic N) is 1. The van der Waals surface area contributed by atoms with Gasteiger partial charge < -0.3 is 0 Å². The lowest BCUT2D eigenvalue weighted by Gasteiger charge is -2.23. The standard InChI is InChI=1S/C17H23NO2S2/c1-13(2)22(19,20)18(4)11-14(3)15-5-7-16(8-6-15)17-9-10-21-12-17/h5-10,12-14H,11H2,1-4H3. The molecule has 0 aliphatic rings. The van der Waals surface area contributed by atoms with Crippen molar-refractivity contribution in [1.82, 2.24) is 4.31 Å². The molecule has 2 aromatic rings.